The number of halogens is 1. The zero-order valence-electron chi connectivity index (χ0n) is 13.6. The van der Waals surface area contributed by atoms with Crippen LogP contribution in [0.4, 0.5) is 4.39 Å². The molecule has 0 amide bonds. The van der Waals surface area contributed by atoms with Crippen LogP contribution in [-0.4, -0.2) is 4.98 Å². The summed E-state index contributed by atoms with van der Waals surface area (Å²) >= 11 is 0. The van der Waals surface area contributed by atoms with Crippen LogP contribution in [0.25, 0.3) is 5.57 Å². The van der Waals surface area contributed by atoms with Crippen molar-refractivity contribution in [2.24, 2.45) is 0 Å². The van der Waals surface area contributed by atoms with Gasteiger partial charge in [-0.1, -0.05) is 38.6 Å². The maximum atomic E-state index is 14.0. The van der Waals surface area contributed by atoms with Crippen molar-refractivity contribution < 1.29 is 4.39 Å². The van der Waals surface area contributed by atoms with Gasteiger partial charge in [0.25, 0.3) is 0 Å². The predicted molar refractivity (Wildman–Crippen MR) is 93.9 cm³/mol. The van der Waals surface area contributed by atoms with Crippen LogP contribution < -0.4 is 0 Å². The molecular formula is C18H25FNP. The van der Waals surface area contributed by atoms with Gasteiger partial charge in [0.2, 0.25) is 0 Å². The summed E-state index contributed by atoms with van der Waals surface area (Å²) in [6.45, 7) is 9.81. The Balaban J connectivity index is 2.96. The van der Waals surface area contributed by atoms with Crippen molar-refractivity contribution in [1.29, 1.82) is 0 Å². The van der Waals surface area contributed by atoms with Gasteiger partial charge in [-0.3, -0.25) is 4.98 Å². The fourth-order valence-electron chi connectivity index (χ4n) is 1.90. The second-order valence-electron chi connectivity index (χ2n) is 5.68. The molecule has 0 aliphatic carbocycles. The van der Waals surface area contributed by atoms with E-state index in [4.69, 9.17) is 0 Å². The number of alkyl halides is 1. The third-order valence-electron chi connectivity index (χ3n) is 3.40. The molecule has 0 spiro atoms. The monoisotopic (exact) mass is 305 g/mol. The zero-order chi connectivity index (χ0) is 16.0. The van der Waals surface area contributed by atoms with E-state index in [1.54, 1.807) is 18.3 Å². The first kappa shape index (κ1) is 17.8. The largest absolute Gasteiger partial charge is 0.257 e. The summed E-state index contributed by atoms with van der Waals surface area (Å²) in [5.74, 6) is 0. The lowest BCUT2D eigenvalue weighted by molar-refractivity contribution is 0.323. The molecule has 0 aliphatic heterocycles. The van der Waals surface area contributed by atoms with Crippen molar-refractivity contribution in [2.75, 3.05) is 0 Å². The highest BCUT2D eigenvalue weighted by Gasteiger charge is 2.19. The fraction of sp³-hybridized carbons (Fsp3) is 0.389. The first-order valence-corrected chi connectivity index (χ1v) is 7.72. The minimum Gasteiger partial charge on any atom is -0.257 e. The van der Waals surface area contributed by atoms with E-state index < -0.39 is 5.41 Å². The molecule has 0 bridgehead atoms. The minimum atomic E-state index is -1.42. The van der Waals surface area contributed by atoms with Gasteiger partial charge >= 0.3 is 0 Å². The normalized spacial score (nSPS) is 16.8. The summed E-state index contributed by atoms with van der Waals surface area (Å²) in [6, 6.07) is 3.51. The third-order valence-corrected chi connectivity index (χ3v) is 3.73. The molecule has 0 aromatic carbocycles. The average molecular weight is 305 g/mol. The molecule has 21 heavy (non-hydrogen) atoms. The van der Waals surface area contributed by atoms with E-state index in [0.717, 1.165) is 17.7 Å². The topological polar surface area (TPSA) is 12.9 Å². The van der Waals surface area contributed by atoms with Crippen LogP contribution in [-0.2, 0) is 5.41 Å². The summed E-state index contributed by atoms with van der Waals surface area (Å²) in [7, 11) is 2.22. The van der Waals surface area contributed by atoms with Crippen LogP contribution in [0.3, 0.4) is 0 Å². The van der Waals surface area contributed by atoms with E-state index in [1.807, 2.05) is 13.0 Å². The molecule has 1 aromatic heterocycles. The standard InChI is InChI=1S/C18H25FNP/c1-6-13(2)11-14(3)7-8-15(4)17-12-16(9-10-20-17)18(5,19)21/h6-10,12H,11,21H2,1-5H3/b13-6+,14-7-,15-8+. The SMILES string of the molecule is C/C=C(\C)C/C(C)=C\C=C(/C)c1cc(C(C)(F)P)ccn1. The fourth-order valence-corrected chi connectivity index (χ4v) is 2.08. The molecule has 1 aromatic rings. The molecule has 2 unspecified atom stereocenters. The van der Waals surface area contributed by atoms with Crippen LogP contribution in [0.2, 0.25) is 0 Å². The van der Waals surface area contributed by atoms with Crippen molar-refractivity contribution in [3.8, 4) is 0 Å². The van der Waals surface area contributed by atoms with E-state index >= 15 is 0 Å². The van der Waals surface area contributed by atoms with E-state index in [-0.39, 0.29) is 0 Å². The second-order valence-corrected chi connectivity index (χ2v) is 6.76. The summed E-state index contributed by atoms with van der Waals surface area (Å²) in [4.78, 5) is 4.32. The Kier molecular flexibility index (Phi) is 6.48. The van der Waals surface area contributed by atoms with Crippen LogP contribution in [0.1, 0.15) is 52.3 Å². The van der Waals surface area contributed by atoms with Gasteiger partial charge in [0.15, 0.2) is 0 Å². The molecule has 0 radical (unpaired) electrons. The quantitative estimate of drug-likeness (QED) is 0.380. The Morgan fingerprint density at radius 3 is 2.52 bits per heavy atom. The highest BCUT2D eigenvalue weighted by atomic mass is 31.0. The first-order valence-electron chi connectivity index (χ1n) is 7.14. The summed E-state index contributed by atoms with van der Waals surface area (Å²) in [5, 5.41) is -1.42. The van der Waals surface area contributed by atoms with Crippen LogP contribution in [0.15, 0.2) is 47.7 Å². The number of nitrogens with zero attached hydrogens (tertiary/aromatic N) is 1. The Hall–Kier alpha value is -1.27. The number of hydrogen-bond donors (Lipinski definition) is 0. The van der Waals surface area contributed by atoms with E-state index in [2.05, 4.69) is 47.1 Å². The van der Waals surface area contributed by atoms with Gasteiger partial charge in [0.1, 0.15) is 5.41 Å². The third kappa shape index (κ3) is 5.93. The maximum absolute atomic E-state index is 14.0. The predicted octanol–water partition coefficient (Wildman–Crippen LogP) is 5.80. The highest BCUT2D eigenvalue weighted by Crippen LogP contribution is 2.33. The number of pyridine rings is 1. The number of rotatable bonds is 5. The van der Waals surface area contributed by atoms with Gasteiger partial charge in [0, 0.05) is 6.20 Å². The molecule has 2 atom stereocenters. The van der Waals surface area contributed by atoms with E-state index in [0.29, 0.717) is 5.56 Å². The number of hydrogen-bond acceptors (Lipinski definition) is 1. The van der Waals surface area contributed by atoms with Gasteiger partial charge in [-0.05, 0) is 64.3 Å². The highest BCUT2D eigenvalue weighted by molar-refractivity contribution is 7.18. The summed E-state index contributed by atoms with van der Waals surface area (Å²) in [5.41, 5.74) is 5.11. The van der Waals surface area contributed by atoms with Crippen LogP contribution in [0.5, 0.6) is 0 Å². The maximum Gasteiger partial charge on any atom is 0.145 e. The average Bonchev–Trinajstić information content (AvgIpc) is 2.43. The minimum absolute atomic E-state index is 0.621. The van der Waals surface area contributed by atoms with Gasteiger partial charge in [0.05, 0.1) is 5.69 Å². The number of aromatic nitrogens is 1. The van der Waals surface area contributed by atoms with Crippen molar-refractivity contribution in [3.05, 3.63) is 59.0 Å². The molecule has 1 rings (SSSR count). The molecule has 0 fully saturated rings. The molecule has 114 valence electrons. The second kappa shape index (κ2) is 7.66. The lowest BCUT2D eigenvalue weighted by Crippen LogP contribution is -2.05. The molecule has 0 saturated carbocycles. The van der Waals surface area contributed by atoms with Crippen molar-refractivity contribution in [2.45, 2.75) is 46.4 Å². The Morgan fingerprint density at radius 1 is 1.29 bits per heavy atom. The van der Waals surface area contributed by atoms with Gasteiger partial charge in [-0.2, -0.15) is 0 Å². The first-order chi connectivity index (χ1) is 9.74. The Morgan fingerprint density at radius 2 is 1.95 bits per heavy atom. The van der Waals surface area contributed by atoms with Gasteiger partial charge in [-0.25, -0.2) is 4.39 Å². The molecule has 0 N–H and O–H groups in total. The van der Waals surface area contributed by atoms with Gasteiger partial charge in [-0.15, -0.1) is 0 Å². The Labute approximate surface area is 130 Å². The molecule has 3 heteroatoms. The van der Waals surface area contributed by atoms with Gasteiger partial charge < -0.3 is 0 Å². The van der Waals surface area contributed by atoms with Crippen molar-refractivity contribution >= 4 is 14.8 Å². The smallest absolute Gasteiger partial charge is 0.145 e. The van der Waals surface area contributed by atoms with Crippen molar-refractivity contribution in [3.63, 3.8) is 0 Å². The van der Waals surface area contributed by atoms with Crippen LogP contribution >= 0.6 is 9.24 Å². The Bertz CT molecular complexity index is 577. The molecule has 1 nitrogen and oxygen atoms in total. The van der Waals surface area contributed by atoms with E-state index in [9.17, 15) is 4.39 Å². The molecule has 0 aliphatic rings. The molecule has 0 saturated heterocycles. The van der Waals surface area contributed by atoms with Crippen molar-refractivity contribution in [1.82, 2.24) is 4.98 Å². The lowest BCUT2D eigenvalue weighted by Gasteiger charge is -2.15. The number of allylic oxidation sites excluding steroid dienone is 6. The van der Waals surface area contributed by atoms with Crippen LogP contribution in [0, 0.1) is 0 Å². The molecule has 1 heterocycles. The summed E-state index contributed by atoms with van der Waals surface area (Å²) in [6.07, 6.45) is 8.90. The lowest BCUT2D eigenvalue weighted by atomic mass is 10.1. The zero-order valence-corrected chi connectivity index (χ0v) is 14.7. The van der Waals surface area contributed by atoms with E-state index in [1.165, 1.54) is 18.1 Å². The molecular weight excluding hydrogens is 280 g/mol. The summed E-state index contributed by atoms with van der Waals surface area (Å²) < 4.78 is 14.0.